The van der Waals surface area contributed by atoms with Crippen molar-refractivity contribution in [3.8, 4) is 0 Å². The Balaban J connectivity index is 2.07. The Hall–Kier alpha value is -1.30. The third-order valence-corrected chi connectivity index (χ3v) is 4.35. The van der Waals surface area contributed by atoms with Crippen LogP contribution in [-0.2, 0) is 14.3 Å². The molecule has 0 aromatic carbocycles. The summed E-state index contributed by atoms with van der Waals surface area (Å²) < 4.78 is 10.2. The summed E-state index contributed by atoms with van der Waals surface area (Å²) >= 11 is 0. The van der Waals surface area contributed by atoms with Crippen LogP contribution in [0.1, 0.15) is 52.9 Å². The molecule has 0 atom stereocenters. The molecule has 2 N–H and O–H groups in total. The summed E-state index contributed by atoms with van der Waals surface area (Å²) in [4.78, 5) is 24.0. The van der Waals surface area contributed by atoms with Gasteiger partial charge in [-0.2, -0.15) is 0 Å². The number of esters is 1. The molecule has 0 saturated heterocycles. The van der Waals surface area contributed by atoms with Gasteiger partial charge >= 0.3 is 12.1 Å². The SMILES string of the molecule is COC(=O)C12CCCC(N(N)C(=O)OC(C)(C)C)(C1)C2. The zero-order valence-electron chi connectivity index (χ0n) is 12.7. The van der Waals surface area contributed by atoms with Crippen LogP contribution < -0.4 is 5.84 Å². The first-order valence-electron chi connectivity index (χ1n) is 7.01. The fourth-order valence-electron chi connectivity index (χ4n) is 3.58. The molecular weight excluding hydrogens is 260 g/mol. The Morgan fingerprint density at radius 3 is 2.30 bits per heavy atom. The third-order valence-electron chi connectivity index (χ3n) is 4.35. The van der Waals surface area contributed by atoms with Gasteiger partial charge in [-0.15, -0.1) is 0 Å². The lowest BCUT2D eigenvalue weighted by Crippen LogP contribution is -2.70. The molecule has 2 bridgehead atoms. The summed E-state index contributed by atoms with van der Waals surface area (Å²) in [7, 11) is 1.40. The molecule has 0 aromatic rings. The predicted octanol–water partition coefficient (Wildman–Crippen LogP) is 1.97. The summed E-state index contributed by atoms with van der Waals surface area (Å²) in [5.74, 6) is 5.79. The molecule has 6 nitrogen and oxygen atoms in total. The van der Waals surface area contributed by atoms with Crippen LogP contribution in [0, 0.1) is 5.41 Å². The number of hydrogen-bond acceptors (Lipinski definition) is 5. The maximum atomic E-state index is 12.1. The van der Waals surface area contributed by atoms with Crippen LogP contribution in [0.15, 0.2) is 0 Å². The first-order valence-corrected chi connectivity index (χ1v) is 7.01. The van der Waals surface area contributed by atoms with E-state index in [1.807, 2.05) is 0 Å². The first kappa shape index (κ1) is 15.1. The number of nitrogens with zero attached hydrogens (tertiary/aromatic N) is 1. The molecule has 6 heteroatoms. The molecule has 3 rings (SSSR count). The van der Waals surface area contributed by atoms with Crippen molar-refractivity contribution in [1.82, 2.24) is 5.01 Å². The largest absolute Gasteiger partial charge is 0.469 e. The highest BCUT2D eigenvalue weighted by Crippen LogP contribution is 2.60. The molecule has 0 aromatic heterocycles. The number of nitrogens with two attached hydrogens (primary N) is 1. The van der Waals surface area contributed by atoms with E-state index in [9.17, 15) is 9.59 Å². The van der Waals surface area contributed by atoms with E-state index in [1.54, 1.807) is 20.8 Å². The minimum atomic E-state index is -0.580. The second kappa shape index (κ2) is 4.62. The Morgan fingerprint density at radius 2 is 1.80 bits per heavy atom. The van der Waals surface area contributed by atoms with Gasteiger partial charge in [0.15, 0.2) is 0 Å². The van der Waals surface area contributed by atoms with Crippen molar-refractivity contribution in [2.75, 3.05) is 7.11 Å². The van der Waals surface area contributed by atoms with Gasteiger partial charge in [0.1, 0.15) is 5.60 Å². The van der Waals surface area contributed by atoms with Crippen LogP contribution in [0.25, 0.3) is 0 Å². The molecule has 3 saturated carbocycles. The van der Waals surface area contributed by atoms with Gasteiger partial charge < -0.3 is 9.47 Å². The van der Waals surface area contributed by atoms with E-state index in [2.05, 4.69) is 0 Å². The normalized spacial score (nSPS) is 32.0. The lowest BCUT2D eigenvalue weighted by Gasteiger charge is -2.61. The van der Waals surface area contributed by atoms with Crippen LogP contribution in [0.3, 0.4) is 0 Å². The minimum absolute atomic E-state index is 0.189. The Labute approximate surface area is 119 Å². The van der Waals surface area contributed by atoms with Gasteiger partial charge in [-0.25, -0.2) is 15.6 Å². The van der Waals surface area contributed by atoms with Crippen LogP contribution in [0.4, 0.5) is 4.79 Å². The highest BCUT2D eigenvalue weighted by atomic mass is 16.6. The van der Waals surface area contributed by atoms with Crippen molar-refractivity contribution in [3.05, 3.63) is 0 Å². The van der Waals surface area contributed by atoms with Crippen molar-refractivity contribution in [1.29, 1.82) is 0 Å². The van der Waals surface area contributed by atoms with Gasteiger partial charge in [-0.1, -0.05) is 0 Å². The van der Waals surface area contributed by atoms with Crippen molar-refractivity contribution < 1.29 is 19.1 Å². The number of hydrogen-bond donors (Lipinski definition) is 1. The first-order chi connectivity index (χ1) is 9.14. The second-order valence-corrected chi connectivity index (χ2v) is 7.05. The van der Waals surface area contributed by atoms with Crippen LogP contribution >= 0.6 is 0 Å². The maximum Gasteiger partial charge on any atom is 0.425 e. The number of methoxy groups -OCH3 is 1. The lowest BCUT2D eigenvalue weighted by atomic mass is 9.49. The highest BCUT2D eigenvalue weighted by molar-refractivity contribution is 5.80. The van der Waals surface area contributed by atoms with Gasteiger partial charge in [-0.3, -0.25) is 4.79 Å². The number of rotatable bonds is 2. The molecule has 0 heterocycles. The Bertz CT molecular complexity index is 421. The van der Waals surface area contributed by atoms with E-state index < -0.39 is 22.6 Å². The second-order valence-electron chi connectivity index (χ2n) is 7.05. The maximum absolute atomic E-state index is 12.1. The topological polar surface area (TPSA) is 81.9 Å². The van der Waals surface area contributed by atoms with Gasteiger partial charge in [0, 0.05) is 0 Å². The van der Waals surface area contributed by atoms with E-state index in [4.69, 9.17) is 15.3 Å². The molecule has 1 amide bonds. The lowest BCUT2D eigenvalue weighted by molar-refractivity contribution is -0.183. The summed E-state index contributed by atoms with van der Waals surface area (Å²) in [6.07, 6.45) is 3.10. The van der Waals surface area contributed by atoms with Gasteiger partial charge in [0.25, 0.3) is 0 Å². The summed E-state index contributed by atoms with van der Waals surface area (Å²) in [6, 6.07) is 0. The predicted molar refractivity (Wildman–Crippen MR) is 72.5 cm³/mol. The number of amides is 1. The Kier molecular flexibility index (Phi) is 3.48. The molecular formula is C14H24N2O4. The minimum Gasteiger partial charge on any atom is -0.469 e. The highest BCUT2D eigenvalue weighted by Gasteiger charge is 2.65. The van der Waals surface area contributed by atoms with Gasteiger partial charge in [0.05, 0.1) is 18.1 Å². The average molecular weight is 284 g/mol. The zero-order valence-corrected chi connectivity index (χ0v) is 12.7. The number of fused-ring (bicyclic) bond motifs is 2. The smallest absolute Gasteiger partial charge is 0.425 e. The number of carbonyl (C=O) groups is 2. The summed E-state index contributed by atoms with van der Waals surface area (Å²) in [5, 5.41) is 1.19. The molecule has 3 aliphatic carbocycles. The van der Waals surface area contributed by atoms with E-state index in [0.29, 0.717) is 12.8 Å². The van der Waals surface area contributed by atoms with E-state index in [-0.39, 0.29) is 5.97 Å². The zero-order chi connectivity index (χ0) is 15.2. The molecule has 0 unspecified atom stereocenters. The van der Waals surface area contributed by atoms with Crippen LogP contribution in [0.2, 0.25) is 0 Å². The van der Waals surface area contributed by atoms with Crippen molar-refractivity contribution in [2.45, 2.75) is 64.0 Å². The number of ether oxygens (including phenoxy) is 2. The average Bonchev–Trinajstić information content (AvgIpc) is 2.34. The van der Waals surface area contributed by atoms with E-state index in [0.717, 1.165) is 19.3 Å². The quantitative estimate of drug-likeness (QED) is 0.363. The Morgan fingerprint density at radius 1 is 1.20 bits per heavy atom. The van der Waals surface area contributed by atoms with Gasteiger partial charge in [-0.05, 0) is 52.9 Å². The summed E-state index contributed by atoms with van der Waals surface area (Å²) in [5.41, 5.74) is -1.48. The number of carbonyl (C=O) groups excluding carboxylic acids is 2. The van der Waals surface area contributed by atoms with E-state index >= 15 is 0 Å². The monoisotopic (exact) mass is 284 g/mol. The fraction of sp³-hybridized carbons (Fsp3) is 0.857. The molecule has 0 spiro atoms. The molecule has 3 aliphatic rings. The van der Waals surface area contributed by atoms with Crippen molar-refractivity contribution >= 4 is 12.1 Å². The fourth-order valence-corrected chi connectivity index (χ4v) is 3.58. The molecule has 114 valence electrons. The molecule has 3 fully saturated rings. The third kappa shape index (κ3) is 2.37. The molecule has 0 aliphatic heterocycles. The van der Waals surface area contributed by atoms with E-state index in [1.165, 1.54) is 12.1 Å². The van der Waals surface area contributed by atoms with Crippen LogP contribution in [0.5, 0.6) is 0 Å². The standard InChI is InChI=1S/C14H24N2O4/c1-12(2,3)20-11(18)16(15)14-7-5-6-13(8-14,9-14)10(17)19-4/h5-9,15H2,1-4H3. The van der Waals surface area contributed by atoms with Crippen molar-refractivity contribution in [2.24, 2.45) is 11.3 Å². The number of hydrazine groups is 1. The van der Waals surface area contributed by atoms with Crippen molar-refractivity contribution in [3.63, 3.8) is 0 Å². The van der Waals surface area contributed by atoms with Gasteiger partial charge in [0.2, 0.25) is 0 Å². The molecule has 20 heavy (non-hydrogen) atoms. The van der Waals surface area contributed by atoms with Crippen LogP contribution in [-0.4, -0.2) is 35.3 Å². The summed E-state index contributed by atoms with van der Waals surface area (Å²) in [6.45, 7) is 5.41. The molecule has 0 radical (unpaired) electrons.